The van der Waals surface area contributed by atoms with Crippen LogP contribution in [0.2, 0.25) is 0 Å². The highest BCUT2D eigenvalue weighted by atomic mass is 16.5. The maximum Gasteiger partial charge on any atom is 0.163 e. The van der Waals surface area contributed by atoms with E-state index in [1.54, 1.807) is 18.3 Å². The molecule has 0 N–H and O–H groups in total. The predicted molar refractivity (Wildman–Crippen MR) is 68.7 cm³/mol. The Balaban J connectivity index is 2.08. The monoisotopic (exact) mass is 244 g/mol. The number of hydrogen-bond donors (Lipinski definition) is 0. The highest BCUT2D eigenvalue weighted by Gasteiger charge is 2.07. The Hall–Kier alpha value is -2.10. The van der Waals surface area contributed by atoms with Crippen LogP contribution in [0.1, 0.15) is 29.8 Å². The number of para-hydroxylation sites is 1. The number of benzene rings is 1. The van der Waals surface area contributed by atoms with Gasteiger partial charge in [-0.3, -0.25) is 9.48 Å². The summed E-state index contributed by atoms with van der Waals surface area (Å²) in [6.07, 6.45) is 3.72. The summed E-state index contributed by atoms with van der Waals surface area (Å²) in [4.78, 5) is 11.4. The number of nitrogens with zero attached hydrogens (tertiary/aromatic N) is 2. The summed E-state index contributed by atoms with van der Waals surface area (Å²) < 4.78 is 7.51. The molecule has 94 valence electrons. The van der Waals surface area contributed by atoms with Gasteiger partial charge in [0.25, 0.3) is 0 Å². The average Bonchev–Trinajstić information content (AvgIpc) is 2.84. The second kappa shape index (κ2) is 5.49. The number of ether oxygens (including phenoxy) is 1. The summed E-state index contributed by atoms with van der Waals surface area (Å²) in [7, 11) is 0. The highest BCUT2D eigenvalue weighted by Crippen LogP contribution is 2.19. The number of Topliss-reactive ketones (excluding diaryl/α,β-unsaturated/α-hetero) is 1. The Kier molecular flexibility index (Phi) is 3.77. The molecule has 0 radical (unpaired) electrons. The van der Waals surface area contributed by atoms with Crippen molar-refractivity contribution in [2.75, 3.05) is 0 Å². The molecule has 18 heavy (non-hydrogen) atoms. The van der Waals surface area contributed by atoms with Crippen molar-refractivity contribution in [1.82, 2.24) is 9.78 Å². The van der Waals surface area contributed by atoms with Gasteiger partial charge in [-0.15, -0.1) is 0 Å². The third-order valence-electron chi connectivity index (χ3n) is 2.67. The summed E-state index contributed by atoms with van der Waals surface area (Å²) >= 11 is 0. The van der Waals surface area contributed by atoms with Crippen LogP contribution in [0.15, 0.2) is 36.7 Å². The molecular weight excluding hydrogens is 228 g/mol. The van der Waals surface area contributed by atoms with Gasteiger partial charge >= 0.3 is 0 Å². The van der Waals surface area contributed by atoms with Crippen LogP contribution in [-0.4, -0.2) is 15.6 Å². The third-order valence-corrected chi connectivity index (χ3v) is 2.67. The number of aryl methyl sites for hydroxylation is 1. The molecule has 0 aliphatic rings. The van der Waals surface area contributed by atoms with Crippen LogP contribution in [0, 0.1) is 0 Å². The first kappa shape index (κ1) is 12.4. The molecule has 2 aromatic rings. The van der Waals surface area contributed by atoms with Crippen LogP contribution in [0.4, 0.5) is 0 Å². The van der Waals surface area contributed by atoms with Gasteiger partial charge in [-0.25, -0.2) is 0 Å². The van der Waals surface area contributed by atoms with E-state index in [0.29, 0.717) is 17.9 Å². The lowest BCUT2D eigenvalue weighted by Gasteiger charge is -2.08. The van der Waals surface area contributed by atoms with Crippen molar-refractivity contribution >= 4 is 5.78 Å². The minimum atomic E-state index is 0.00912. The topological polar surface area (TPSA) is 44.1 Å². The summed E-state index contributed by atoms with van der Waals surface area (Å²) in [5, 5.41) is 4.17. The van der Waals surface area contributed by atoms with E-state index in [9.17, 15) is 4.79 Å². The Labute approximate surface area is 106 Å². The quantitative estimate of drug-likeness (QED) is 0.759. The zero-order valence-corrected chi connectivity index (χ0v) is 10.6. The summed E-state index contributed by atoms with van der Waals surface area (Å²) in [5.74, 6) is 0.629. The number of carbonyl (C=O) groups is 1. The molecule has 0 unspecified atom stereocenters. The fourth-order valence-corrected chi connectivity index (χ4v) is 1.70. The molecule has 0 aliphatic carbocycles. The van der Waals surface area contributed by atoms with Crippen molar-refractivity contribution in [3.63, 3.8) is 0 Å². The molecule has 0 aliphatic heterocycles. The lowest BCUT2D eigenvalue weighted by molar-refractivity contribution is 0.101. The fraction of sp³-hybridized carbons (Fsp3) is 0.286. The maximum absolute atomic E-state index is 11.4. The van der Waals surface area contributed by atoms with Crippen molar-refractivity contribution in [3.05, 3.63) is 47.8 Å². The van der Waals surface area contributed by atoms with E-state index in [4.69, 9.17) is 4.74 Å². The third kappa shape index (κ3) is 2.77. The van der Waals surface area contributed by atoms with E-state index in [-0.39, 0.29) is 5.78 Å². The number of carbonyl (C=O) groups excluding carboxylic acids is 1. The SMILES string of the molecule is CCn1cc(COc2ccccc2C(C)=O)cn1. The average molecular weight is 244 g/mol. The van der Waals surface area contributed by atoms with Crippen LogP contribution in [0.25, 0.3) is 0 Å². The Morgan fingerprint density at radius 3 is 2.83 bits per heavy atom. The first-order valence-electron chi connectivity index (χ1n) is 5.94. The van der Waals surface area contributed by atoms with Gasteiger partial charge in [0.05, 0.1) is 11.8 Å². The molecule has 4 heteroatoms. The predicted octanol–water partition coefficient (Wildman–Crippen LogP) is 2.68. The molecule has 0 saturated heterocycles. The molecule has 0 spiro atoms. The molecule has 1 heterocycles. The summed E-state index contributed by atoms with van der Waals surface area (Å²) in [6.45, 7) is 4.83. The molecule has 1 aromatic carbocycles. The van der Waals surface area contributed by atoms with Gasteiger partial charge in [0.2, 0.25) is 0 Å². The zero-order valence-electron chi connectivity index (χ0n) is 10.6. The van der Waals surface area contributed by atoms with Crippen molar-refractivity contribution in [2.45, 2.75) is 27.0 Å². The minimum Gasteiger partial charge on any atom is -0.488 e. The molecule has 0 atom stereocenters. The highest BCUT2D eigenvalue weighted by molar-refractivity contribution is 5.96. The normalized spacial score (nSPS) is 10.3. The second-order valence-corrected chi connectivity index (χ2v) is 4.05. The molecule has 4 nitrogen and oxygen atoms in total. The Morgan fingerprint density at radius 1 is 1.39 bits per heavy atom. The lowest BCUT2D eigenvalue weighted by atomic mass is 10.1. The summed E-state index contributed by atoms with van der Waals surface area (Å²) in [6, 6.07) is 7.27. The summed E-state index contributed by atoms with van der Waals surface area (Å²) in [5.41, 5.74) is 1.61. The standard InChI is InChI=1S/C14H16N2O2/c1-3-16-9-12(8-15-16)10-18-14-7-5-4-6-13(14)11(2)17/h4-9H,3,10H2,1-2H3. The molecule has 1 aromatic heterocycles. The fourth-order valence-electron chi connectivity index (χ4n) is 1.70. The Bertz CT molecular complexity index is 546. The van der Waals surface area contributed by atoms with Crippen LogP contribution in [0.5, 0.6) is 5.75 Å². The smallest absolute Gasteiger partial charge is 0.163 e. The molecule has 2 rings (SSSR count). The van der Waals surface area contributed by atoms with Gasteiger partial charge in [-0.05, 0) is 26.0 Å². The first-order chi connectivity index (χ1) is 8.70. The van der Waals surface area contributed by atoms with Crippen molar-refractivity contribution in [3.8, 4) is 5.75 Å². The Morgan fingerprint density at radius 2 is 2.17 bits per heavy atom. The molecule has 0 amide bonds. The lowest BCUT2D eigenvalue weighted by Crippen LogP contribution is -2.01. The van der Waals surface area contributed by atoms with E-state index < -0.39 is 0 Å². The molecule has 0 bridgehead atoms. The largest absolute Gasteiger partial charge is 0.488 e. The van der Waals surface area contributed by atoms with Crippen molar-refractivity contribution in [2.24, 2.45) is 0 Å². The second-order valence-electron chi connectivity index (χ2n) is 4.05. The number of aromatic nitrogens is 2. The molecular formula is C14H16N2O2. The van der Waals surface area contributed by atoms with Gasteiger partial charge in [0, 0.05) is 18.3 Å². The first-order valence-corrected chi connectivity index (χ1v) is 5.94. The van der Waals surface area contributed by atoms with Gasteiger partial charge in [-0.2, -0.15) is 5.10 Å². The van der Waals surface area contributed by atoms with Gasteiger partial charge in [-0.1, -0.05) is 12.1 Å². The van der Waals surface area contributed by atoms with E-state index in [1.165, 1.54) is 6.92 Å². The van der Waals surface area contributed by atoms with E-state index in [2.05, 4.69) is 5.10 Å². The van der Waals surface area contributed by atoms with Crippen LogP contribution >= 0.6 is 0 Å². The molecule has 0 saturated carbocycles. The molecule has 0 fully saturated rings. The van der Waals surface area contributed by atoms with Crippen LogP contribution in [0.3, 0.4) is 0 Å². The van der Waals surface area contributed by atoms with Gasteiger partial charge < -0.3 is 4.74 Å². The van der Waals surface area contributed by atoms with Crippen LogP contribution in [-0.2, 0) is 13.2 Å². The number of ketones is 1. The van der Waals surface area contributed by atoms with Gasteiger partial charge in [0.1, 0.15) is 12.4 Å². The minimum absolute atomic E-state index is 0.00912. The zero-order chi connectivity index (χ0) is 13.0. The number of rotatable bonds is 5. The number of hydrogen-bond acceptors (Lipinski definition) is 3. The van der Waals surface area contributed by atoms with E-state index in [1.807, 2.05) is 29.9 Å². The van der Waals surface area contributed by atoms with E-state index in [0.717, 1.165) is 12.1 Å². The van der Waals surface area contributed by atoms with Crippen molar-refractivity contribution < 1.29 is 9.53 Å². The van der Waals surface area contributed by atoms with Gasteiger partial charge in [0.15, 0.2) is 5.78 Å². The maximum atomic E-state index is 11.4. The van der Waals surface area contributed by atoms with Crippen LogP contribution < -0.4 is 4.74 Å². The van der Waals surface area contributed by atoms with E-state index >= 15 is 0 Å². The van der Waals surface area contributed by atoms with Crippen molar-refractivity contribution in [1.29, 1.82) is 0 Å².